The van der Waals surface area contributed by atoms with Crippen LogP contribution in [-0.4, -0.2) is 77.1 Å². The molecule has 0 aliphatic heterocycles. The minimum Gasteiger partial charge on any atom is -0.396 e. The smallest absolute Gasteiger partial charge is 0.389 e. The van der Waals surface area contributed by atoms with Crippen molar-refractivity contribution in [3.8, 4) is 0 Å². The average Bonchev–Trinajstić information content (AvgIpc) is 3.38. The van der Waals surface area contributed by atoms with E-state index < -0.39 is 48.4 Å². The first-order chi connectivity index (χ1) is 17.6. The first-order valence-electron chi connectivity index (χ1n) is 11.6. The van der Waals surface area contributed by atoms with Crippen molar-refractivity contribution in [3.63, 3.8) is 0 Å². The number of aromatic nitrogens is 5. The van der Waals surface area contributed by atoms with E-state index in [9.17, 15) is 37.3 Å². The molecule has 37 heavy (non-hydrogen) atoms. The Balaban J connectivity index is 1.44. The third-order valence-corrected chi connectivity index (χ3v) is 7.57. The highest BCUT2D eigenvalue weighted by Crippen LogP contribution is 2.44. The summed E-state index contributed by atoms with van der Waals surface area (Å²) < 4.78 is 66.3. The second-order valence-corrected chi connectivity index (χ2v) is 10.3. The van der Waals surface area contributed by atoms with E-state index in [-0.39, 0.29) is 52.9 Å². The molecule has 15 heteroatoms. The molecular weight excluding hydrogens is 523 g/mol. The average molecular weight is 547 g/mol. The van der Waals surface area contributed by atoms with Gasteiger partial charge in [0, 0.05) is 30.2 Å². The second-order valence-electron chi connectivity index (χ2n) is 9.27. The number of rotatable bonds is 8. The number of thioether (sulfide) groups is 1. The van der Waals surface area contributed by atoms with Gasteiger partial charge in [-0.05, 0) is 30.5 Å². The van der Waals surface area contributed by atoms with Crippen LogP contribution in [0.1, 0.15) is 36.8 Å². The highest BCUT2D eigenvalue weighted by atomic mass is 32.2. The fraction of sp³-hybridized carbons (Fsp3) is 0.545. The predicted molar refractivity (Wildman–Crippen MR) is 122 cm³/mol. The van der Waals surface area contributed by atoms with Crippen LogP contribution in [0.3, 0.4) is 0 Å². The molecule has 2 heterocycles. The Bertz CT molecular complexity index is 1290. The molecule has 0 saturated heterocycles. The third-order valence-electron chi connectivity index (χ3n) is 6.72. The molecule has 9 nitrogen and oxygen atoms in total. The summed E-state index contributed by atoms with van der Waals surface area (Å²) in [5, 5.41) is 41.6. The van der Waals surface area contributed by atoms with Gasteiger partial charge in [0.05, 0.1) is 18.6 Å². The summed E-state index contributed by atoms with van der Waals surface area (Å²) >= 11 is 0.791. The van der Waals surface area contributed by atoms with Crippen molar-refractivity contribution < 1.29 is 37.3 Å². The summed E-state index contributed by atoms with van der Waals surface area (Å²) in [6.45, 7) is -0.352. The molecule has 3 aromatic rings. The molecule has 2 saturated carbocycles. The van der Waals surface area contributed by atoms with Crippen LogP contribution >= 0.6 is 11.8 Å². The predicted octanol–water partition coefficient (Wildman–Crippen LogP) is 2.79. The number of aliphatic hydroxyl groups is 3. The van der Waals surface area contributed by atoms with Gasteiger partial charge >= 0.3 is 6.18 Å². The van der Waals surface area contributed by atoms with Gasteiger partial charge in [0.15, 0.2) is 33.8 Å². The van der Waals surface area contributed by atoms with Gasteiger partial charge in [0.2, 0.25) is 0 Å². The molecule has 2 aliphatic rings. The Labute approximate surface area is 211 Å². The molecule has 2 fully saturated rings. The minimum atomic E-state index is -4.35. The number of halogens is 5. The molecule has 1 aromatic carbocycles. The van der Waals surface area contributed by atoms with Crippen LogP contribution < -0.4 is 5.32 Å². The molecular formula is C22H23F5N6O3S. The molecule has 0 bridgehead atoms. The van der Waals surface area contributed by atoms with Gasteiger partial charge in [-0.25, -0.2) is 23.4 Å². The van der Waals surface area contributed by atoms with Crippen molar-refractivity contribution in [2.45, 2.75) is 60.8 Å². The monoisotopic (exact) mass is 546 g/mol. The fourth-order valence-electron chi connectivity index (χ4n) is 4.62. The van der Waals surface area contributed by atoms with Crippen molar-refractivity contribution in [1.29, 1.82) is 0 Å². The maximum Gasteiger partial charge on any atom is 0.389 e. The SMILES string of the molecule is OC[C@H]1C[C@@H](n2nnc3c(NC4CC4c4ccc(F)c(F)c4)nc(SCCC(F)(F)F)nc32)[C@H](O)[C@@H]1O. The molecule has 0 amide bonds. The summed E-state index contributed by atoms with van der Waals surface area (Å²) in [6, 6.07) is 2.66. The van der Waals surface area contributed by atoms with Crippen LogP contribution in [0, 0.1) is 17.6 Å². The van der Waals surface area contributed by atoms with Gasteiger partial charge in [-0.2, -0.15) is 13.2 Å². The van der Waals surface area contributed by atoms with E-state index in [1.54, 1.807) is 0 Å². The van der Waals surface area contributed by atoms with Crippen LogP contribution in [0.15, 0.2) is 23.4 Å². The van der Waals surface area contributed by atoms with E-state index in [0.29, 0.717) is 12.0 Å². The molecule has 0 radical (unpaired) electrons. The van der Waals surface area contributed by atoms with Crippen LogP contribution in [0.25, 0.3) is 11.2 Å². The Hall–Kier alpha value is -2.62. The Morgan fingerprint density at radius 3 is 2.54 bits per heavy atom. The number of benzene rings is 1. The Morgan fingerprint density at radius 1 is 1.08 bits per heavy atom. The molecule has 2 unspecified atom stereocenters. The van der Waals surface area contributed by atoms with Crippen molar-refractivity contribution in [2.24, 2.45) is 5.92 Å². The van der Waals surface area contributed by atoms with E-state index in [1.165, 1.54) is 10.7 Å². The molecule has 2 aromatic heterocycles. The number of hydrogen-bond acceptors (Lipinski definition) is 9. The van der Waals surface area contributed by atoms with Crippen LogP contribution in [0.4, 0.5) is 27.8 Å². The van der Waals surface area contributed by atoms with Crippen molar-refractivity contribution in [3.05, 3.63) is 35.4 Å². The van der Waals surface area contributed by atoms with E-state index in [0.717, 1.165) is 23.9 Å². The molecule has 2 aliphatic carbocycles. The van der Waals surface area contributed by atoms with Gasteiger partial charge in [0.1, 0.15) is 6.10 Å². The van der Waals surface area contributed by atoms with Crippen LogP contribution in [0.5, 0.6) is 0 Å². The number of fused-ring (bicyclic) bond motifs is 1. The Kier molecular flexibility index (Phi) is 6.98. The minimum absolute atomic E-state index is 0.0274. The fourth-order valence-corrected chi connectivity index (χ4v) is 5.44. The zero-order valence-corrected chi connectivity index (χ0v) is 19.9. The van der Waals surface area contributed by atoms with Crippen molar-refractivity contribution >= 4 is 28.7 Å². The number of nitrogens with zero attached hydrogens (tertiary/aromatic N) is 5. The number of alkyl halides is 3. The lowest BCUT2D eigenvalue weighted by Gasteiger charge is -2.17. The van der Waals surface area contributed by atoms with E-state index in [4.69, 9.17) is 0 Å². The lowest BCUT2D eigenvalue weighted by atomic mass is 10.1. The van der Waals surface area contributed by atoms with Gasteiger partial charge in [-0.15, -0.1) is 5.10 Å². The van der Waals surface area contributed by atoms with E-state index in [1.807, 2.05) is 0 Å². The number of hydrogen-bond donors (Lipinski definition) is 4. The maximum atomic E-state index is 13.7. The molecule has 5 rings (SSSR count). The zero-order chi connectivity index (χ0) is 26.5. The normalized spacial score (nSPS) is 27.7. The van der Waals surface area contributed by atoms with Gasteiger partial charge in [-0.3, -0.25) is 0 Å². The van der Waals surface area contributed by atoms with Gasteiger partial charge in [0.25, 0.3) is 0 Å². The number of nitrogens with one attached hydrogen (secondary N) is 1. The lowest BCUT2D eigenvalue weighted by molar-refractivity contribution is -0.129. The number of anilines is 1. The van der Waals surface area contributed by atoms with Gasteiger partial charge in [-0.1, -0.05) is 23.0 Å². The quantitative estimate of drug-likeness (QED) is 0.192. The highest BCUT2D eigenvalue weighted by molar-refractivity contribution is 7.99. The number of aliphatic hydroxyl groups excluding tert-OH is 3. The molecule has 4 N–H and O–H groups in total. The summed E-state index contributed by atoms with van der Waals surface area (Å²) in [7, 11) is 0. The standard InChI is InChI=1S/C22H23F5N6O3S/c23-12-2-1-9(5-13(12)24)11-7-14(11)28-19-16-20(30-21(29-19)37-4-3-22(25,26)27)33(32-31-16)15-6-10(8-34)17(35)18(15)36/h1-2,5,10-11,14-15,17-18,34-36H,3-4,6-8H2,(H,28,29,30)/t10-,11?,14?,15-,17-,18+/m1/s1. The molecule has 200 valence electrons. The summed E-state index contributed by atoms with van der Waals surface area (Å²) in [5.41, 5.74) is 0.931. The first-order valence-corrected chi connectivity index (χ1v) is 12.5. The summed E-state index contributed by atoms with van der Waals surface area (Å²) in [5.74, 6) is -2.78. The molecule has 6 atom stereocenters. The summed E-state index contributed by atoms with van der Waals surface area (Å²) in [6.07, 6.45) is -7.11. The maximum absolute atomic E-state index is 13.7. The molecule has 0 spiro atoms. The van der Waals surface area contributed by atoms with Crippen LogP contribution in [0.2, 0.25) is 0 Å². The third kappa shape index (κ3) is 5.35. The highest BCUT2D eigenvalue weighted by Gasteiger charge is 2.44. The van der Waals surface area contributed by atoms with Crippen molar-refractivity contribution in [2.75, 3.05) is 17.7 Å². The van der Waals surface area contributed by atoms with E-state index in [2.05, 4.69) is 25.6 Å². The topological polar surface area (TPSA) is 129 Å². The largest absolute Gasteiger partial charge is 0.396 e. The Morgan fingerprint density at radius 2 is 1.86 bits per heavy atom. The second kappa shape index (κ2) is 9.93. The summed E-state index contributed by atoms with van der Waals surface area (Å²) in [4.78, 5) is 8.67. The van der Waals surface area contributed by atoms with Crippen LogP contribution in [-0.2, 0) is 0 Å². The first kappa shape index (κ1) is 26.0. The van der Waals surface area contributed by atoms with Crippen molar-refractivity contribution in [1.82, 2.24) is 25.0 Å². The van der Waals surface area contributed by atoms with E-state index >= 15 is 0 Å². The lowest BCUT2D eigenvalue weighted by Crippen LogP contribution is -2.30. The zero-order valence-electron chi connectivity index (χ0n) is 19.1. The van der Waals surface area contributed by atoms with Gasteiger partial charge < -0.3 is 20.6 Å².